The fourth-order valence-electron chi connectivity index (χ4n) is 8.49. The molecule has 2 aliphatic heterocycles. The van der Waals surface area contributed by atoms with Crippen LogP contribution in [0.1, 0.15) is 78.3 Å². The maximum absolute atomic E-state index is 13.0. The van der Waals surface area contributed by atoms with Gasteiger partial charge in [0.05, 0.1) is 36.4 Å². The first-order chi connectivity index (χ1) is 30.2. The number of carbonyl (C=O) groups excluding carboxylic acids is 2. The number of amides is 2. The van der Waals surface area contributed by atoms with Crippen LogP contribution in [0.5, 0.6) is 11.5 Å². The van der Waals surface area contributed by atoms with Gasteiger partial charge >= 0.3 is 0 Å². The molecule has 0 saturated carbocycles. The highest BCUT2D eigenvalue weighted by molar-refractivity contribution is 6.07. The molecule has 14 heteroatoms. The second-order valence-corrected chi connectivity index (χ2v) is 17.6. The number of nitrogens with two attached hydrogens (primary N) is 1. The second-order valence-electron chi connectivity index (χ2n) is 17.6. The Hall–Kier alpha value is -5.54. The summed E-state index contributed by atoms with van der Waals surface area (Å²) in [7, 11) is 6.32. The zero-order chi connectivity index (χ0) is 45.3. The molecule has 3 aromatic carbocycles. The molecule has 63 heavy (non-hydrogen) atoms. The number of rotatable bonds is 13. The summed E-state index contributed by atoms with van der Waals surface area (Å²) in [5.41, 5.74) is 10.7. The van der Waals surface area contributed by atoms with Crippen molar-refractivity contribution in [1.29, 1.82) is 0 Å². The standard InChI is InChI=1S/C30H40N4O3.C19H26N4O3/c1-30(2,3)22-8-6-21(7-9-22)20-32-23-12-14-33(15-13-23)16-17-34-27-18-24(37-5)10-11-25(27)26(19-28(34)35)29(36)31-4;1-21-19(25)16-12-18(24)23(10-9-22-7-5-13(20)6-8-22)17-11-14(26-2)3-4-15(16)17/h6-11,18-19,23,32H,12-17,20H2,1-5H3,(H,31,36);3-4,11-13H,5-10,20H2,1-2H3,(H,21,25). The molecule has 0 aliphatic carbocycles. The SMILES string of the molecule is CNC(=O)c1cc(=O)n(CCN2CCC(N)CC2)c2cc(OC)ccc12.CNC(=O)c1cc(=O)n(CCN2CCC(NCc3ccc(C(C)(C)C)cc3)CC2)c2cc(OC)ccc12. The van der Waals surface area contributed by atoms with Crippen LogP contribution in [0.15, 0.2) is 82.4 Å². The summed E-state index contributed by atoms with van der Waals surface area (Å²) in [6, 6.07) is 23.5. The van der Waals surface area contributed by atoms with Crippen LogP contribution in [0.4, 0.5) is 0 Å². The monoisotopic (exact) mass is 863 g/mol. The maximum atomic E-state index is 13.0. The summed E-state index contributed by atoms with van der Waals surface area (Å²) >= 11 is 0. The summed E-state index contributed by atoms with van der Waals surface area (Å²) in [6.45, 7) is 14.2. The highest BCUT2D eigenvalue weighted by Crippen LogP contribution is 2.26. The largest absolute Gasteiger partial charge is 0.497 e. The van der Waals surface area contributed by atoms with Gasteiger partial charge in [0.1, 0.15) is 11.5 Å². The van der Waals surface area contributed by atoms with Crippen molar-refractivity contribution in [3.63, 3.8) is 0 Å². The molecule has 2 aliphatic rings. The number of piperidine rings is 2. The van der Waals surface area contributed by atoms with E-state index in [1.165, 1.54) is 23.3 Å². The first-order valence-corrected chi connectivity index (χ1v) is 22.1. The molecule has 0 spiro atoms. The lowest BCUT2D eigenvalue weighted by atomic mass is 9.87. The molecule has 7 rings (SSSR count). The van der Waals surface area contributed by atoms with Crippen molar-refractivity contribution in [2.45, 2.75) is 83.6 Å². The second kappa shape index (κ2) is 21.2. The quantitative estimate of drug-likeness (QED) is 0.130. The maximum Gasteiger partial charge on any atom is 0.251 e. The Morgan fingerprint density at radius 2 is 1.10 bits per heavy atom. The minimum atomic E-state index is -0.269. The van der Waals surface area contributed by atoms with Crippen molar-refractivity contribution < 1.29 is 19.1 Å². The van der Waals surface area contributed by atoms with E-state index in [0.717, 1.165) is 87.8 Å². The predicted octanol–water partition coefficient (Wildman–Crippen LogP) is 4.71. The van der Waals surface area contributed by atoms with E-state index < -0.39 is 0 Å². The number of aromatic nitrogens is 2. The third-order valence-electron chi connectivity index (χ3n) is 12.5. The number of fused-ring (bicyclic) bond motifs is 2. The van der Waals surface area contributed by atoms with Crippen LogP contribution >= 0.6 is 0 Å². The van der Waals surface area contributed by atoms with E-state index in [1.54, 1.807) is 43.5 Å². The van der Waals surface area contributed by atoms with Crippen molar-refractivity contribution in [3.05, 3.63) is 116 Å². The molecule has 0 atom stereocenters. The van der Waals surface area contributed by atoms with Crippen LogP contribution in [-0.4, -0.2) is 110 Å². The number of pyridine rings is 2. The van der Waals surface area contributed by atoms with Gasteiger partial charge in [0.25, 0.3) is 22.9 Å². The van der Waals surface area contributed by atoms with Crippen molar-refractivity contribution in [3.8, 4) is 11.5 Å². The summed E-state index contributed by atoms with van der Waals surface area (Å²) in [5.74, 6) is 0.784. The number of nitrogens with zero attached hydrogens (tertiary/aromatic N) is 4. The van der Waals surface area contributed by atoms with Crippen molar-refractivity contribution in [1.82, 2.24) is 34.9 Å². The Morgan fingerprint density at radius 3 is 1.51 bits per heavy atom. The van der Waals surface area contributed by atoms with Gasteiger partial charge in [-0.25, -0.2) is 0 Å². The Kier molecular flexibility index (Phi) is 15.8. The topological polar surface area (TPSA) is 165 Å². The normalized spacial score (nSPS) is 15.5. The van der Waals surface area contributed by atoms with E-state index >= 15 is 0 Å². The first kappa shape index (κ1) is 47.0. The highest BCUT2D eigenvalue weighted by Gasteiger charge is 2.22. The lowest BCUT2D eigenvalue weighted by molar-refractivity contribution is 0.0956. The number of benzene rings is 3. The molecular formula is C49H66N8O6. The van der Waals surface area contributed by atoms with Crippen molar-refractivity contribution >= 4 is 33.6 Å². The smallest absolute Gasteiger partial charge is 0.251 e. The molecular weight excluding hydrogens is 797 g/mol. The minimum absolute atomic E-state index is 0.173. The fourth-order valence-corrected chi connectivity index (χ4v) is 8.49. The zero-order valence-corrected chi connectivity index (χ0v) is 38.1. The minimum Gasteiger partial charge on any atom is -0.497 e. The van der Waals surface area contributed by atoms with E-state index in [2.05, 4.69) is 70.8 Å². The lowest BCUT2D eigenvalue weighted by Crippen LogP contribution is -2.43. The molecule has 14 nitrogen and oxygen atoms in total. The van der Waals surface area contributed by atoms with Gasteiger partial charge in [-0.15, -0.1) is 0 Å². The van der Waals surface area contributed by atoms with Gasteiger partial charge in [0.2, 0.25) is 0 Å². The van der Waals surface area contributed by atoms with Gasteiger partial charge < -0.3 is 50.1 Å². The van der Waals surface area contributed by atoms with Gasteiger partial charge in [-0.05, 0) is 92.7 Å². The van der Waals surface area contributed by atoms with Gasteiger partial charge in [-0.1, -0.05) is 45.0 Å². The van der Waals surface area contributed by atoms with Crippen LogP contribution in [0.25, 0.3) is 21.8 Å². The van der Waals surface area contributed by atoms with Gasteiger partial charge in [-0.3, -0.25) is 19.2 Å². The Labute approximate surface area is 370 Å². The molecule has 2 aromatic heterocycles. The number of likely N-dealkylation sites (tertiary alicyclic amines) is 2. The predicted molar refractivity (Wildman–Crippen MR) is 251 cm³/mol. The van der Waals surface area contributed by atoms with Crippen LogP contribution in [0.3, 0.4) is 0 Å². The molecule has 2 saturated heterocycles. The number of hydrogen-bond donors (Lipinski definition) is 4. The molecule has 5 N–H and O–H groups in total. The number of hydrogen-bond acceptors (Lipinski definition) is 10. The number of carbonyl (C=O) groups is 2. The van der Waals surface area contributed by atoms with Gasteiger partial charge in [-0.2, -0.15) is 0 Å². The highest BCUT2D eigenvalue weighted by atomic mass is 16.5. The number of nitrogens with one attached hydrogen (secondary N) is 3. The lowest BCUT2D eigenvalue weighted by Gasteiger charge is -2.32. The van der Waals surface area contributed by atoms with Crippen molar-refractivity contribution in [2.24, 2.45) is 5.73 Å². The van der Waals surface area contributed by atoms with Crippen molar-refractivity contribution in [2.75, 3.05) is 67.6 Å². The Balaban J connectivity index is 0.000000223. The Morgan fingerprint density at radius 1 is 0.651 bits per heavy atom. The summed E-state index contributed by atoms with van der Waals surface area (Å²) < 4.78 is 14.2. The van der Waals surface area contributed by atoms with E-state index in [9.17, 15) is 19.2 Å². The van der Waals surface area contributed by atoms with E-state index in [4.69, 9.17) is 15.2 Å². The Bertz CT molecular complexity index is 2480. The molecule has 4 heterocycles. The van der Waals surface area contributed by atoms with Gasteiger partial charge in [0.15, 0.2) is 0 Å². The zero-order valence-electron chi connectivity index (χ0n) is 38.1. The molecule has 0 bridgehead atoms. The van der Waals surface area contributed by atoms with Crippen LogP contribution < -0.4 is 42.3 Å². The molecule has 338 valence electrons. The molecule has 2 amide bonds. The average Bonchev–Trinajstić information content (AvgIpc) is 3.29. The molecule has 5 aromatic rings. The van der Waals surface area contributed by atoms with Crippen LogP contribution in [-0.2, 0) is 25.0 Å². The third-order valence-corrected chi connectivity index (χ3v) is 12.5. The van der Waals surface area contributed by atoms with Crippen LogP contribution in [0.2, 0.25) is 0 Å². The fraction of sp³-hybridized carbons (Fsp3) is 0.469. The molecule has 0 radical (unpaired) electrons. The molecule has 0 unspecified atom stereocenters. The number of ether oxygens (including phenoxy) is 2. The van der Waals surface area contributed by atoms with Crippen LogP contribution in [0, 0.1) is 0 Å². The third kappa shape index (κ3) is 11.7. The summed E-state index contributed by atoms with van der Waals surface area (Å²) in [4.78, 5) is 55.0. The first-order valence-electron chi connectivity index (χ1n) is 22.1. The summed E-state index contributed by atoms with van der Waals surface area (Å²) in [5, 5.41) is 10.4. The number of methoxy groups -OCH3 is 2. The van der Waals surface area contributed by atoms with E-state index in [1.807, 2.05) is 30.3 Å². The van der Waals surface area contributed by atoms with Gasteiger partial charge in [0, 0.05) is 93.9 Å². The average molecular weight is 863 g/mol. The summed E-state index contributed by atoms with van der Waals surface area (Å²) in [6.07, 6.45) is 4.14. The van der Waals surface area contributed by atoms with E-state index in [0.29, 0.717) is 47.3 Å². The van der Waals surface area contributed by atoms with E-state index in [-0.39, 0.29) is 34.4 Å². The molecule has 2 fully saturated rings.